The molecule has 0 saturated heterocycles. The summed E-state index contributed by atoms with van der Waals surface area (Å²) >= 11 is 1.67. The SMILES string of the molecule is CN=C(NCCC(C)C)NCc1scnc1C.I. The van der Waals surface area contributed by atoms with Crippen LogP contribution in [0.25, 0.3) is 0 Å². The monoisotopic (exact) mass is 382 g/mol. The number of guanidine groups is 1. The topological polar surface area (TPSA) is 49.3 Å². The van der Waals surface area contributed by atoms with E-state index in [1.165, 1.54) is 4.88 Å². The largest absolute Gasteiger partial charge is 0.356 e. The van der Waals surface area contributed by atoms with Crippen molar-refractivity contribution in [1.82, 2.24) is 15.6 Å². The van der Waals surface area contributed by atoms with Crippen molar-refractivity contribution in [2.24, 2.45) is 10.9 Å². The first-order valence-electron chi connectivity index (χ1n) is 5.97. The van der Waals surface area contributed by atoms with Crippen LogP contribution in [0.2, 0.25) is 0 Å². The first kappa shape index (κ1) is 17.6. The molecule has 6 heteroatoms. The Bertz CT molecular complexity index is 363. The summed E-state index contributed by atoms with van der Waals surface area (Å²) < 4.78 is 0. The second kappa shape index (κ2) is 9.55. The predicted molar refractivity (Wildman–Crippen MR) is 89.9 cm³/mol. The summed E-state index contributed by atoms with van der Waals surface area (Å²) in [5.74, 6) is 1.57. The fourth-order valence-corrected chi connectivity index (χ4v) is 2.08. The van der Waals surface area contributed by atoms with Crippen molar-refractivity contribution >= 4 is 41.3 Å². The number of aliphatic imine (C=N–C) groups is 1. The molecule has 0 saturated carbocycles. The van der Waals surface area contributed by atoms with Gasteiger partial charge in [-0.15, -0.1) is 35.3 Å². The Morgan fingerprint density at radius 1 is 1.44 bits per heavy atom. The zero-order valence-corrected chi connectivity index (χ0v) is 14.6. The predicted octanol–water partition coefficient (Wildman–Crippen LogP) is 2.78. The van der Waals surface area contributed by atoms with Crippen LogP contribution in [0.4, 0.5) is 0 Å². The molecule has 0 bridgehead atoms. The van der Waals surface area contributed by atoms with Gasteiger partial charge in [-0.1, -0.05) is 13.8 Å². The lowest BCUT2D eigenvalue weighted by atomic mass is 10.1. The molecule has 1 rings (SSSR count). The number of aromatic nitrogens is 1. The summed E-state index contributed by atoms with van der Waals surface area (Å²) in [5.41, 5.74) is 2.97. The quantitative estimate of drug-likeness (QED) is 0.468. The van der Waals surface area contributed by atoms with Gasteiger partial charge in [-0.2, -0.15) is 0 Å². The van der Waals surface area contributed by atoms with Crippen LogP contribution >= 0.6 is 35.3 Å². The molecule has 0 unspecified atom stereocenters. The molecule has 0 aliphatic carbocycles. The number of halogens is 1. The normalized spacial score (nSPS) is 11.3. The molecule has 1 aromatic heterocycles. The van der Waals surface area contributed by atoms with E-state index in [4.69, 9.17) is 0 Å². The number of hydrogen-bond donors (Lipinski definition) is 2. The van der Waals surface area contributed by atoms with Crippen molar-refractivity contribution in [3.05, 3.63) is 16.1 Å². The maximum Gasteiger partial charge on any atom is 0.191 e. The molecule has 104 valence electrons. The first-order valence-corrected chi connectivity index (χ1v) is 6.85. The Hall–Kier alpha value is -0.370. The minimum atomic E-state index is 0. The van der Waals surface area contributed by atoms with Gasteiger partial charge < -0.3 is 10.6 Å². The molecule has 4 nitrogen and oxygen atoms in total. The average molecular weight is 382 g/mol. The van der Waals surface area contributed by atoms with Gasteiger partial charge in [0.1, 0.15) is 0 Å². The smallest absolute Gasteiger partial charge is 0.191 e. The highest BCUT2D eigenvalue weighted by molar-refractivity contribution is 14.0. The lowest BCUT2D eigenvalue weighted by Crippen LogP contribution is -2.37. The molecule has 1 heterocycles. The third kappa shape index (κ3) is 6.53. The molecular formula is C12H23IN4S. The summed E-state index contributed by atoms with van der Waals surface area (Å²) in [7, 11) is 1.80. The molecule has 2 N–H and O–H groups in total. The number of nitrogens with zero attached hydrogens (tertiary/aromatic N) is 2. The van der Waals surface area contributed by atoms with E-state index in [1.807, 2.05) is 12.4 Å². The minimum Gasteiger partial charge on any atom is -0.356 e. The van der Waals surface area contributed by atoms with E-state index in [2.05, 4.69) is 34.5 Å². The summed E-state index contributed by atoms with van der Waals surface area (Å²) in [6.07, 6.45) is 1.15. The number of hydrogen-bond acceptors (Lipinski definition) is 3. The highest BCUT2D eigenvalue weighted by Gasteiger charge is 2.03. The second-order valence-electron chi connectivity index (χ2n) is 4.40. The minimum absolute atomic E-state index is 0. The first-order chi connectivity index (χ1) is 8.13. The highest BCUT2D eigenvalue weighted by Crippen LogP contribution is 2.10. The van der Waals surface area contributed by atoms with Crippen molar-refractivity contribution in [2.45, 2.75) is 33.7 Å². The maximum atomic E-state index is 4.22. The van der Waals surface area contributed by atoms with E-state index >= 15 is 0 Å². The fourth-order valence-electron chi connectivity index (χ4n) is 1.36. The maximum absolute atomic E-state index is 4.22. The fraction of sp³-hybridized carbons (Fsp3) is 0.667. The number of thiazole rings is 1. The zero-order chi connectivity index (χ0) is 12.7. The molecule has 0 aromatic carbocycles. The van der Waals surface area contributed by atoms with Gasteiger partial charge in [0.2, 0.25) is 0 Å². The van der Waals surface area contributed by atoms with Gasteiger partial charge in [0.15, 0.2) is 5.96 Å². The van der Waals surface area contributed by atoms with Crippen LogP contribution in [0.3, 0.4) is 0 Å². The third-order valence-corrected chi connectivity index (χ3v) is 3.43. The van der Waals surface area contributed by atoms with Crippen LogP contribution in [0, 0.1) is 12.8 Å². The summed E-state index contributed by atoms with van der Waals surface area (Å²) in [4.78, 5) is 9.68. The van der Waals surface area contributed by atoms with E-state index in [9.17, 15) is 0 Å². The Kier molecular flexibility index (Phi) is 9.35. The van der Waals surface area contributed by atoms with Crippen molar-refractivity contribution in [1.29, 1.82) is 0 Å². The van der Waals surface area contributed by atoms with Crippen molar-refractivity contribution in [2.75, 3.05) is 13.6 Å². The summed E-state index contributed by atoms with van der Waals surface area (Å²) in [6.45, 7) is 8.22. The molecule has 0 fully saturated rings. The van der Waals surface area contributed by atoms with Gasteiger partial charge in [0.25, 0.3) is 0 Å². The molecule has 0 spiro atoms. The van der Waals surface area contributed by atoms with Crippen LogP contribution in [-0.4, -0.2) is 24.5 Å². The Balaban J connectivity index is 0.00000289. The van der Waals surface area contributed by atoms with E-state index in [0.717, 1.165) is 31.2 Å². The molecule has 0 aliphatic rings. The van der Waals surface area contributed by atoms with Crippen LogP contribution < -0.4 is 10.6 Å². The summed E-state index contributed by atoms with van der Waals surface area (Å²) in [6, 6.07) is 0. The summed E-state index contributed by atoms with van der Waals surface area (Å²) in [5, 5.41) is 6.60. The molecule has 0 radical (unpaired) electrons. The molecule has 1 aromatic rings. The van der Waals surface area contributed by atoms with Crippen LogP contribution in [-0.2, 0) is 6.54 Å². The van der Waals surface area contributed by atoms with E-state index in [1.54, 1.807) is 18.4 Å². The lowest BCUT2D eigenvalue weighted by molar-refractivity contribution is 0.573. The average Bonchev–Trinajstić information content (AvgIpc) is 2.68. The highest BCUT2D eigenvalue weighted by atomic mass is 127. The van der Waals surface area contributed by atoms with E-state index in [0.29, 0.717) is 5.92 Å². The van der Waals surface area contributed by atoms with Crippen LogP contribution in [0.15, 0.2) is 10.5 Å². The van der Waals surface area contributed by atoms with Gasteiger partial charge >= 0.3 is 0 Å². The second-order valence-corrected chi connectivity index (χ2v) is 5.34. The van der Waals surface area contributed by atoms with Crippen LogP contribution in [0.5, 0.6) is 0 Å². The Labute approximate surface area is 131 Å². The van der Waals surface area contributed by atoms with Gasteiger partial charge in [0.05, 0.1) is 17.7 Å². The molecule has 0 amide bonds. The van der Waals surface area contributed by atoms with Gasteiger partial charge in [-0.25, -0.2) is 4.98 Å². The lowest BCUT2D eigenvalue weighted by Gasteiger charge is -2.12. The standard InChI is InChI=1S/C12H22N4S.HI/c1-9(2)5-6-14-12(13-4)15-7-11-10(3)16-8-17-11;/h8-9H,5-7H2,1-4H3,(H2,13,14,15);1H. The number of nitrogens with one attached hydrogen (secondary N) is 2. The van der Waals surface area contributed by atoms with E-state index in [-0.39, 0.29) is 24.0 Å². The number of aryl methyl sites for hydroxylation is 1. The van der Waals surface area contributed by atoms with Crippen molar-refractivity contribution in [3.63, 3.8) is 0 Å². The van der Waals surface area contributed by atoms with Gasteiger partial charge in [-0.3, -0.25) is 4.99 Å². The van der Waals surface area contributed by atoms with Crippen molar-refractivity contribution < 1.29 is 0 Å². The Morgan fingerprint density at radius 3 is 2.67 bits per heavy atom. The molecule has 0 atom stereocenters. The third-order valence-electron chi connectivity index (χ3n) is 2.50. The Morgan fingerprint density at radius 2 is 2.17 bits per heavy atom. The molecule has 0 aliphatic heterocycles. The van der Waals surface area contributed by atoms with Gasteiger partial charge in [0, 0.05) is 18.5 Å². The number of rotatable bonds is 5. The van der Waals surface area contributed by atoms with E-state index < -0.39 is 0 Å². The van der Waals surface area contributed by atoms with Crippen LogP contribution in [0.1, 0.15) is 30.8 Å². The van der Waals surface area contributed by atoms with Crippen molar-refractivity contribution in [3.8, 4) is 0 Å². The molecular weight excluding hydrogens is 359 g/mol. The zero-order valence-electron chi connectivity index (χ0n) is 11.5. The molecule has 18 heavy (non-hydrogen) atoms. The van der Waals surface area contributed by atoms with Gasteiger partial charge in [-0.05, 0) is 19.3 Å².